The molecule has 98 valence electrons. The number of hydrogen-bond acceptors (Lipinski definition) is 3. The van der Waals surface area contributed by atoms with Crippen LogP contribution in [0.3, 0.4) is 0 Å². The maximum absolute atomic E-state index is 12.0. The summed E-state index contributed by atoms with van der Waals surface area (Å²) in [6.45, 7) is 3.63. The van der Waals surface area contributed by atoms with Crippen molar-refractivity contribution in [3.8, 4) is 0 Å². The van der Waals surface area contributed by atoms with Crippen molar-refractivity contribution in [2.45, 2.75) is 37.8 Å². The zero-order chi connectivity index (χ0) is 13.1. The molecule has 1 aromatic heterocycles. The summed E-state index contributed by atoms with van der Waals surface area (Å²) in [6.07, 6.45) is 3.26. The van der Waals surface area contributed by atoms with Crippen LogP contribution < -0.4 is 4.72 Å². The van der Waals surface area contributed by atoms with E-state index in [0.717, 1.165) is 18.2 Å². The standard InChI is InChI=1S/C10H18BrN3O2S/c1-8(5-4-6-11)13-17(15,16)10-7-14(3)9(2)12-10/h7-8,13H,4-6H2,1-3H3. The van der Waals surface area contributed by atoms with Gasteiger partial charge in [-0.3, -0.25) is 0 Å². The summed E-state index contributed by atoms with van der Waals surface area (Å²) in [4.78, 5) is 4.02. The molecule has 0 spiro atoms. The average molecular weight is 324 g/mol. The van der Waals surface area contributed by atoms with Crippen LogP contribution in [-0.4, -0.2) is 29.3 Å². The molecule has 0 saturated carbocycles. The molecule has 0 radical (unpaired) electrons. The van der Waals surface area contributed by atoms with Crippen LogP contribution in [0.15, 0.2) is 11.2 Å². The third kappa shape index (κ3) is 4.08. The lowest BCUT2D eigenvalue weighted by molar-refractivity contribution is 0.542. The van der Waals surface area contributed by atoms with Gasteiger partial charge in [0.25, 0.3) is 10.0 Å². The predicted octanol–water partition coefficient (Wildman–Crippen LogP) is 1.57. The van der Waals surface area contributed by atoms with Gasteiger partial charge in [-0.1, -0.05) is 15.9 Å². The molecule has 0 fully saturated rings. The van der Waals surface area contributed by atoms with Gasteiger partial charge in [0.15, 0.2) is 5.03 Å². The molecule has 1 heterocycles. The molecule has 7 heteroatoms. The zero-order valence-corrected chi connectivity index (χ0v) is 12.7. The molecule has 1 atom stereocenters. The Morgan fingerprint density at radius 2 is 2.24 bits per heavy atom. The van der Waals surface area contributed by atoms with Gasteiger partial charge in [0.2, 0.25) is 0 Å². The van der Waals surface area contributed by atoms with Crippen molar-refractivity contribution in [3.63, 3.8) is 0 Å². The van der Waals surface area contributed by atoms with E-state index < -0.39 is 10.0 Å². The van der Waals surface area contributed by atoms with Crippen LogP contribution in [0.5, 0.6) is 0 Å². The van der Waals surface area contributed by atoms with Gasteiger partial charge >= 0.3 is 0 Å². The molecule has 0 bridgehead atoms. The van der Waals surface area contributed by atoms with Crippen molar-refractivity contribution < 1.29 is 8.42 Å². The molecule has 5 nitrogen and oxygen atoms in total. The minimum atomic E-state index is -3.49. The van der Waals surface area contributed by atoms with Crippen molar-refractivity contribution in [1.82, 2.24) is 14.3 Å². The normalized spacial score (nSPS) is 13.9. The highest BCUT2D eigenvalue weighted by Crippen LogP contribution is 2.09. The summed E-state index contributed by atoms with van der Waals surface area (Å²) in [5.74, 6) is 0.679. The summed E-state index contributed by atoms with van der Waals surface area (Å²) in [5, 5.41) is 0.963. The quantitative estimate of drug-likeness (QED) is 0.808. The monoisotopic (exact) mass is 323 g/mol. The van der Waals surface area contributed by atoms with Crippen LogP contribution in [0.2, 0.25) is 0 Å². The number of aromatic nitrogens is 2. The van der Waals surface area contributed by atoms with Crippen LogP contribution in [0, 0.1) is 6.92 Å². The Labute approximate surface area is 111 Å². The molecule has 0 saturated heterocycles. The molecule has 1 N–H and O–H groups in total. The van der Waals surface area contributed by atoms with Gasteiger partial charge in [-0.2, -0.15) is 0 Å². The lowest BCUT2D eigenvalue weighted by Gasteiger charge is -2.11. The molecule has 1 rings (SSSR count). The third-order valence-corrected chi connectivity index (χ3v) is 4.51. The maximum Gasteiger partial charge on any atom is 0.259 e. The van der Waals surface area contributed by atoms with E-state index in [1.54, 1.807) is 18.5 Å². The van der Waals surface area contributed by atoms with Gasteiger partial charge in [0.1, 0.15) is 5.82 Å². The zero-order valence-electron chi connectivity index (χ0n) is 10.3. The second kappa shape index (κ2) is 5.97. The Kier molecular flexibility index (Phi) is 5.15. The van der Waals surface area contributed by atoms with Crippen molar-refractivity contribution >= 4 is 26.0 Å². The second-order valence-corrected chi connectivity index (χ2v) is 6.54. The predicted molar refractivity (Wildman–Crippen MR) is 70.8 cm³/mol. The van der Waals surface area contributed by atoms with Gasteiger partial charge in [-0.25, -0.2) is 18.1 Å². The van der Waals surface area contributed by atoms with Gasteiger partial charge in [0, 0.05) is 24.6 Å². The number of hydrogen-bond donors (Lipinski definition) is 1. The van der Waals surface area contributed by atoms with E-state index in [0.29, 0.717) is 5.82 Å². The van der Waals surface area contributed by atoms with Crippen molar-refractivity contribution in [2.24, 2.45) is 7.05 Å². The summed E-state index contributed by atoms with van der Waals surface area (Å²) in [5.41, 5.74) is 0. The Bertz CT molecular complexity index is 450. The van der Waals surface area contributed by atoms with Crippen molar-refractivity contribution in [2.75, 3.05) is 5.33 Å². The minimum absolute atomic E-state index is 0.0835. The highest BCUT2D eigenvalue weighted by molar-refractivity contribution is 9.09. The summed E-state index contributed by atoms with van der Waals surface area (Å²) in [6, 6.07) is -0.0835. The van der Waals surface area contributed by atoms with Crippen LogP contribution in [0.25, 0.3) is 0 Å². The van der Waals surface area contributed by atoms with Crippen LogP contribution in [0.1, 0.15) is 25.6 Å². The molecule has 0 aliphatic carbocycles. The number of imidazole rings is 1. The molecule has 0 aliphatic rings. The lowest BCUT2D eigenvalue weighted by atomic mass is 10.2. The van der Waals surface area contributed by atoms with Gasteiger partial charge < -0.3 is 4.57 Å². The SMILES string of the molecule is Cc1nc(S(=O)(=O)NC(C)CCCBr)cn1C. The fraction of sp³-hybridized carbons (Fsp3) is 0.700. The lowest BCUT2D eigenvalue weighted by Crippen LogP contribution is -2.32. The first-order valence-electron chi connectivity index (χ1n) is 5.45. The van der Waals surface area contributed by atoms with Crippen LogP contribution in [-0.2, 0) is 17.1 Å². The highest BCUT2D eigenvalue weighted by Gasteiger charge is 2.20. The first kappa shape index (κ1) is 14.7. The topological polar surface area (TPSA) is 64.0 Å². The smallest absolute Gasteiger partial charge is 0.259 e. The number of nitrogens with zero attached hydrogens (tertiary/aromatic N) is 2. The number of sulfonamides is 1. The fourth-order valence-corrected chi connectivity index (χ4v) is 3.06. The van der Waals surface area contributed by atoms with Crippen molar-refractivity contribution in [3.05, 3.63) is 12.0 Å². The Morgan fingerprint density at radius 1 is 1.59 bits per heavy atom. The molecular weight excluding hydrogens is 306 g/mol. The molecule has 1 aromatic rings. The Morgan fingerprint density at radius 3 is 2.71 bits per heavy atom. The van der Waals surface area contributed by atoms with E-state index in [1.165, 1.54) is 6.20 Å². The number of rotatable bonds is 6. The Balaban J connectivity index is 2.75. The highest BCUT2D eigenvalue weighted by atomic mass is 79.9. The molecule has 1 unspecified atom stereocenters. The van der Waals surface area contributed by atoms with Gasteiger partial charge in [0.05, 0.1) is 0 Å². The summed E-state index contributed by atoms with van der Waals surface area (Å²) in [7, 11) is -1.72. The molecule has 0 aliphatic heterocycles. The number of nitrogens with one attached hydrogen (secondary N) is 1. The van der Waals surface area contributed by atoms with E-state index in [2.05, 4.69) is 25.6 Å². The van der Waals surface area contributed by atoms with Gasteiger partial charge in [-0.15, -0.1) is 0 Å². The molecule has 17 heavy (non-hydrogen) atoms. The summed E-state index contributed by atoms with van der Waals surface area (Å²) < 4.78 is 28.3. The van der Waals surface area contributed by atoms with Crippen molar-refractivity contribution in [1.29, 1.82) is 0 Å². The van der Waals surface area contributed by atoms with E-state index in [4.69, 9.17) is 0 Å². The van der Waals surface area contributed by atoms with Crippen LogP contribution >= 0.6 is 15.9 Å². The Hall–Kier alpha value is -0.400. The van der Waals surface area contributed by atoms with E-state index >= 15 is 0 Å². The third-order valence-electron chi connectivity index (χ3n) is 2.49. The number of aryl methyl sites for hydroxylation is 2. The molecule has 0 amide bonds. The number of halogens is 1. The first-order valence-corrected chi connectivity index (χ1v) is 8.05. The second-order valence-electron chi connectivity index (χ2n) is 4.09. The van der Waals surface area contributed by atoms with E-state index in [9.17, 15) is 8.42 Å². The van der Waals surface area contributed by atoms with Gasteiger partial charge in [-0.05, 0) is 26.7 Å². The largest absolute Gasteiger partial charge is 0.337 e. The average Bonchev–Trinajstić information content (AvgIpc) is 2.56. The summed E-state index contributed by atoms with van der Waals surface area (Å²) >= 11 is 3.32. The van der Waals surface area contributed by atoms with E-state index in [1.807, 2.05) is 6.92 Å². The van der Waals surface area contributed by atoms with E-state index in [-0.39, 0.29) is 11.1 Å². The molecule has 0 aromatic carbocycles. The van der Waals surface area contributed by atoms with Crippen LogP contribution in [0.4, 0.5) is 0 Å². The number of alkyl halides is 1. The fourth-order valence-electron chi connectivity index (χ4n) is 1.42. The molecular formula is C10H18BrN3O2S. The minimum Gasteiger partial charge on any atom is -0.337 e. The first-order chi connectivity index (χ1) is 7.86. The maximum atomic E-state index is 12.0.